The van der Waals surface area contributed by atoms with Gasteiger partial charge in [-0.2, -0.15) is 0 Å². The maximum atomic E-state index is 10.2. The molecule has 0 saturated carbocycles. The van der Waals surface area contributed by atoms with Gasteiger partial charge in [-0.1, -0.05) is 48.8 Å². The highest BCUT2D eigenvalue weighted by Crippen LogP contribution is 2.25. The zero-order chi connectivity index (χ0) is 15.8. The van der Waals surface area contributed by atoms with E-state index in [4.69, 9.17) is 4.74 Å². The van der Waals surface area contributed by atoms with E-state index >= 15 is 0 Å². The van der Waals surface area contributed by atoms with Crippen LogP contribution >= 0.6 is 0 Å². The second-order valence-corrected chi connectivity index (χ2v) is 5.09. The summed E-state index contributed by atoms with van der Waals surface area (Å²) in [5, 5.41) is 22.7. The third kappa shape index (κ3) is 4.25. The number of aromatic hydroxyl groups is 1. The van der Waals surface area contributed by atoms with Crippen LogP contribution in [0.3, 0.4) is 0 Å². The Hall–Kier alpha value is -2.49. The number of ether oxygens (including phenoxy) is 1. The Kier molecular flexibility index (Phi) is 5.83. The van der Waals surface area contributed by atoms with E-state index in [9.17, 15) is 10.3 Å². The number of hydrogen-bond acceptors (Lipinski definition) is 4. The molecule has 0 fully saturated rings. The Morgan fingerprint density at radius 3 is 2.55 bits per heavy atom. The molecule has 2 aromatic rings. The van der Waals surface area contributed by atoms with Crippen molar-refractivity contribution in [2.24, 2.45) is 5.16 Å². The third-order valence-electron chi connectivity index (χ3n) is 3.38. The molecule has 2 aromatic carbocycles. The van der Waals surface area contributed by atoms with Crippen molar-refractivity contribution in [3.8, 4) is 11.5 Å². The Morgan fingerprint density at radius 2 is 1.91 bits per heavy atom. The van der Waals surface area contributed by atoms with Crippen LogP contribution in [-0.4, -0.2) is 22.6 Å². The van der Waals surface area contributed by atoms with Gasteiger partial charge in [0.05, 0.1) is 12.3 Å². The number of phenolic OH excluding ortho intramolecular Hbond substituents is 1. The number of phenols is 1. The van der Waals surface area contributed by atoms with Crippen LogP contribution in [0, 0.1) is 0 Å². The molecule has 0 aliphatic rings. The smallest absolute Gasteiger partial charge is 0.128 e. The van der Waals surface area contributed by atoms with Crippen molar-refractivity contribution < 1.29 is 15.1 Å². The van der Waals surface area contributed by atoms with Crippen molar-refractivity contribution in [3.05, 3.63) is 59.7 Å². The Bertz CT molecular complexity index is 623. The highest BCUT2D eigenvalue weighted by Gasteiger charge is 2.12. The lowest BCUT2D eigenvalue weighted by atomic mass is 10.0. The van der Waals surface area contributed by atoms with Crippen LogP contribution < -0.4 is 4.74 Å². The van der Waals surface area contributed by atoms with Crippen molar-refractivity contribution in [3.63, 3.8) is 0 Å². The van der Waals surface area contributed by atoms with Gasteiger partial charge in [-0.3, -0.25) is 0 Å². The van der Waals surface area contributed by atoms with Crippen LogP contribution in [0.5, 0.6) is 11.5 Å². The summed E-state index contributed by atoms with van der Waals surface area (Å²) in [6.45, 7) is 2.72. The molecule has 4 nitrogen and oxygen atoms in total. The minimum Gasteiger partial charge on any atom is -0.507 e. The topological polar surface area (TPSA) is 62.0 Å². The van der Waals surface area contributed by atoms with Gasteiger partial charge in [0, 0.05) is 18.1 Å². The molecule has 0 saturated heterocycles. The lowest BCUT2D eigenvalue weighted by Gasteiger charge is -2.10. The molecular weight excluding hydrogens is 278 g/mol. The van der Waals surface area contributed by atoms with Crippen LogP contribution in [0.1, 0.15) is 30.9 Å². The van der Waals surface area contributed by atoms with Crippen molar-refractivity contribution >= 4 is 5.71 Å². The highest BCUT2D eigenvalue weighted by molar-refractivity contribution is 6.03. The normalized spacial score (nSPS) is 11.4. The quantitative estimate of drug-likeness (QED) is 0.352. The summed E-state index contributed by atoms with van der Waals surface area (Å²) in [7, 11) is 0. The van der Waals surface area contributed by atoms with Crippen molar-refractivity contribution in [1.29, 1.82) is 0 Å². The molecule has 0 unspecified atom stereocenters. The molecule has 2 rings (SSSR count). The van der Waals surface area contributed by atoms with E-state index < -0.39 is 0 Å². The summed E-state index contributed by atoms with van der Waals surface area (Å²) in [4.78, 5) is 0. The third-order valence-corrected chi connectivity index (χ3v) is 3.38. The van der Waals surface area contributed by atoms with Gasteiger partial charge in [0.25, 0.3) is 0 Å². The predicted molar refractivity (Wildman–Crippen MR) is 87.0 cm³/mol. The summed E-state index contributed by atoms with van der Waals surface area (Å²) in [6, 6.07) is 14.7. The van der Waals surface area contributed by atoms with Gasteiger partial charge in [0.15, 0.2) is 0 Å². The molecule has 0 bridgehead atoms. The monoisotopic (exact) mass is 299 g/mol. The number of unbranched alkanes of at least 4 members (excludes halogenated alkanes) is 1. The van der Waals surface area contributed by atoms with Gasteiger partial charge in [-0.25, -0.2) is 0 Å². The molecule has 22 heavy (non-hydrogen) atoms. The van der Waals surface area contributed by atoms with Gasteiger partial charge >= 0.3 is 0 Å². The van der Waals surface area contributed by atoms with E-state index in [1.165, 1.54) is 0 Å². The van der Waals surface area contributed by atoms with Crippen LogP contribution in [0.2, 0.25) is 0 Å². The van der Waals surface area contributed by atoms with Gasteiger partial charge in [-0.15, -0.1) is 0 Å². The average molecular weight is 299 g/mol. The minimum atomic E-state index is 0.0535. The molecule has 0 heterocycles. The number of rotatable bonds is 7. The van der Waals surface area contributed by atoms with Crippen LogP contribution in [0.4, 0.5) is 0 Å². The van der Waals surface area contributed by atoms with E-state index in [-0.39, 0.29) is 5.75 Å². The van der Waals surface area contributed by atoms with Crippen LogP contribution in [0.25, 0.3) is 0 Å². The second-order valence-electron chi connectivity index (χ2n) is 5.09. The summed E-state index contributed by atoms with van der Waals surface area (Å²) in [5.41, 5.74) is 1.94. The summed E-state index contributed by atoms with van der Waals surface area (Å²) >= 11 is 0. The molecule has 116 valence electrons. The number of hydrogen-bond donors (Lipinski definition) is 2. The summed E-state index contributed by atoms with van der Waals surface area (Å²) < 4.78 is 5.55. The number of nitrogens with zero attached hydrogens (tertiary/aromatic N) is 1. The Labute approximate surface area is 130 Å². The van der Waals surface area contributed by atoms with Gasteiger partial charge in [-0.05, 0) is 24.1 Å². The first-order valence-electron chi connectivity index (χ1n) is 7.45. The zero-order valence-electron chi connectivity index (χ0n) is 12.7. The molecule has 0 aromatic heterocycles. The summed E-state index contributed by atoms with van der Waals surface area (Å²) in [5.74, 6) is 0.671. The van der Waals surface area contributed by atoms with Crippen molar-refractivity contribution in [2.45, 2.75) is 26.2 Å². The Morgan fingerprint density at radius 1 is 1.14 bits per heavy atom. The fraction of sp³-hybridized carbons (Fsp3) is 0.278. The zero-order valence-corrected chi connectivity index (χ0v) is 12.7. The van der Waals surface area contributed by atoms with Gasteiger partial charge < -0.3 is 15.1 Å². The minimum absolute atomic E-state index is 0.0535. The first-order chi connectivity index (χ1) is 10.7. The first-order valence-corrected chi connectivity index (χ1v) is 7.45. The highest BCUT2D eigenvalue weighted by atomic mass is 16.5. The Balaban J connectivity index is 2.13. The van der Waals surface area contributed by atoms with Crippen molar-refractivity contribution in [1.82, 2.24) is 0 Å². The molecule has 0 aliphatic carbocycles. The molecule has 0 amide bonds. The SMILES string of the molecule is CCCCOc1ccc(C(Cc2ccccc2)=NO)c(O)c1. The fourth-order valence-corrected chi connectivity index (χ4v) is 2.15. The van der Waals surface area contributed by atoms with E-state index in [1.807, 2.05) is 30.3 Å². The molecule has 0 aliphatic heterocycles. The molecular formula is C18H21NO3. The average Bonchev–Trinajstić information content (AvgIpc) is 2.54. The van der Waals surface area contributed by atoms with Crippen molar-refractivity contribution in [2.75, 3.05) is 6.61 Å². The maximum Gasteiger partial charge on any atom is 0.128 e. The van der Waals surface area contributed by atoms with Gasteiger partial charge in [0.2, 0.25) is 0 Å². The van der Waals surface area contributed by atoms with E-state index in [0.717, 1.165) is 18.4 Å². The standard InChI is InChI=1S/C18H21NO3/c1-2-3-11-22-15-9-10-16(18(20)13-15)17(19-21)12-14-7-5-4-6-8-14/h4-10,13,20-21H,2-3,11-12H2,1H3. The second kappa shape index (κ2) is 8.08. The summed E-state index contributed by atoms with van der Waals surface area (Å²) in [6.07, 6.45) is 2.48. The molecule has 0 atom stereocenters. The van der Waals surface area contributed by atoms with Crippen LogP contribution in [0.15, 0.2) is 53.7 Å². The molecule has 4 heteroatoms. The largest absolute Gasteiger partial charge is 0.507 e. The predicted octanol–water partition coefficient (Wildman–Crippen LogP) is 3.99. The fourth-order valence-electron chi connectivity index (χ4n) is 2.15. The van der Waals surface area contributed by atoms with Crippen LogP contribution in [-0.2, 0) is 6.42 Å². The van der Waals surface area contributed by atoms with E-state index in [0.29, 0.717) is 30.1 Å². The maximum absolute atomic E-state index is 10.2. The van der Waals surface area contributed by atoms with E-state index in [1.54, 1.807) is 18.2 Å². The number of benzene rings is 2. The molecule has 0 radical (unpaired) electrons. The first kappa shape index (κ1) is 15.9. The lowest BCUT2D eigenvalue weighted by Crippen LogP contribution is -2.06. The molecule has 2 N–H and O–H groups in total. The number of oxime groups is 1. The molecule has 0 spiro atoms. The van der Waals surface area contributed by atoms with Gasteiger partial charge in [0.1, 0.15) is 11.5 Å². The van der Waals surface area contributed by atoms with E-state index in [2.05, 4.69) is 12.1 Å². The lowest BCUT2D eigenvalue weighted by molar-refractivity contribution is 0.307.